The van der Waals surface area contributed by atoms with Crippen LogP contribution in [0.1, 0.15) is 12.5 Å². The summed E-state index contributed by atoms with van der Waals surface area (Å²) in [7, 11) is 0. The van der Waals surface area contributed by atoms with Crippen molar-refractivity contribution in [3.05, 3.63) is 82.4 Å². The first kappa shape index (κ1) is 22.8. The Morgan fingerprint density at radius 3 is 2.50 bits per heavy atom. The van der Waals surface area contributed by atoms with Gasteiger partial charge in [0.15, 0.2) is 12.5 Å². The van der Waals surface area contributed by atoms with Gasteiger partial charge in [0.05, 0.1) is 49.9 Å². The number of hydrogen-bond donors (Lipinski definition) is 1. The Morgan fingerprint density at radius 2 is 1.76 bits per heavy atom. The minimum Gasteiger partial charge on any atom is -0.492 e. The zero-order chi connectivity index (χ0) is 23.3. The molecule has 1 saturated heterocycles. The summed E-state index contributed by atoms with van der Waals surface area (Å²) < 4.78 is 10.8. The molecule has 34 heavy (non-hydrogen) atoms. The predicted molar refractivity (Wildman–Crippen MR) is 140 cm³/mol. The largest absolute Gasteiger partial charge is 0.492 e. The van der Waals surface area contributed by atoms with Crippen molar-refractivity contribution in [1.29, 1.82) is 0 Å². The van der Waals surface area contributed by atoms with Crippen LogP contribution in [0.15, 0.2) is 72.1 Å². The number of ether oxygens (including phenoxy) is 1. The summed E-state index contributed by atoms with van der Waals surface area (Å²) in [6, 6.07) is 23.0. The quantitative estimate of drug-likeness (QED) is 0.378. The molecule has 176 valence electrons. The van der Waals surface area contributed by atoms with Crippen LogP contribution >= 0.6 is 23.6 Å². The van der Waals surface area contributed by atoms with Crippen molar-refractivity contribution in [1.82, 2.24) is 14.3 Å². The Kier molecular flexibility index (Phi) is 7.08. The van der Waals surface area contributed by atoms with E-state index in [0.717, 1.165) is 60.6 Å². The summed E-state index contributed by atoms with van der Waals surface area (Å²) in [5.41, 5.74) is 2.41. The van der Waals surface area contributed by atoms with Crippen molar-refractivity contribution in [3.63, 3.8) is 0 Å². The molecule has 0 saturated carbocycles. The molecule has 2 aromatic heterocycles. The van der Waals surface area contributed by atoms with Crippen LogP contribution < -0.4 is 14.5 Å². The van der Waals surface area contributed by atoms with Crippen molar-refractivity contribution in [2.45, 2.75) is 20.1 Å². The first-order chi connectivity index (χ1) is 16.7. The third-order valence-electron chi connectivity index (χ3n) is 6.20. The molecule has 0 unspecified atom stereocenters. The van der Waals surface area contributed by atoms with Gasteiger partial charge in [-0.05, 0) is 48.3 Å². The second-order valence-electron chi connectivity index (χ2n) is 8.45. The van der Waals surface area contributed by atoms with Gasteiger partial charge in [-0.1, -0.05) is 48.5 Å². The number of hydrogen-bond acceptors (Lipinski definition) is 5. The van der Waals surface area contributed by atoms with Crippen LogP contribution in [0.25, 0.3) is 10.7 Å². The maximum Gasteiger partial charge on any atom is 0.203 e. The molecule has 0 atom stereocenters. The number of piperazine rings is 1. The van der Waals surface area contributed by atoms with E-state index in [0.29, 0.717) is 6.61 Å². The molecule has 1 fully saturated rings. The fourth-order valence-electron chi connectivity index (χ4n) is 4.47. The predicted octanol–water partition coefficient (Wildman–Crippen LogP) is 3.95. The Hall–Kier alpha value is -2.94. The van der Waals surface area contributed by atoms with Gasteiger partial charge in [0.2, 0.25) is 4.77 Å². The minimum atomic E-state index is 0.679. The molecule has 1 N–H and O–H groups in total. The molecule has 0 spiro atoms. The minimum absolute atomic E-state index is 0.679. The summed E-state index contributed by atoms with van der Waals surface area (Å²) in [4.78, 5) is 5.07. The molecule has 6 nitrogen and oxygen atoms in total. The molecule has 5 rings (SSSR count). The summed E-state index contributed by atoms with van der Waals surface area (Å²) >= 11 is 7.63. The molecule has 8 heteroatoms. The van der Waals surface area contributed by atoms with E-state index < -0.39 is 0 Å². The van der Waals surface area contributed by atoms with E-state index in [4.69, 9.17) is 22.1 Å². The third-order valence-corrected chi connectivity index (χ3v) is 7.49. The van der Waals surface area contributed by atoms with Crippen molar-refractivity contribution < 1.29 is 9.64 Å². The number of rotatable bonds is 8. The van der Waals surface area contributed by atoms with Crippen LogP contribution in [0.5, 0.6) is 5.75 Å². The van der Waals surface area contributed by atoms with Crippen LogP contribution in [-0.2, 0) is 13.2 Å². The average molecular weight is 493 g/mol. The zero-order valence-corrected chi connectivity index (χ0v) is 21.0. The maximum atomic E-state index is 5.93. The van der Waals surface area contributed by atoms with E-state index in [1.807, 2.05) is 23.7 Å². The molecule has 3 heterocycles. The first-order valence-corrected chi connectivity index (χ1v) is 13.1. The second-order valence-corrected chi connectivity index (χ2v) is 9.76. The second kappa shape index (κ2) is 10.5. The Labute approximate surface area is 209 Å². The normalized spacial score (nSPS) is 14.4. The molecule has 0 aliphatic carbocycles. The Bertz CT molecular complexity index is 1260. The van der Waals surface area contributed by atoms with Crippen LogP contribution in [-0.4, -0.2) is 47.1 Å². The fraction of sp³-hybridized carbons (Fsp3) is 0.308. The SMILES string of the molecule is CCOc1ccccc1N1CC[NH+](Cn2nc(-c3cccs3)n(Cc3ccccc3)c2=S)CC1. The van der Waals surface area contributed by atoms with Crippen molar-refractivity contribution in [2.24, 2.45) is 0 Å². The Balaban J connectivity index is 1.33. The molecular formula is C26H30N5OS2+. The molecule has 1 aliphatic rings. The van der Waals surface area contributed by atoms with Crippen LogP contribution in [0.4, 0.5) is 5.69 Å². The number of anilines is 1. The van der Waals surface area contributed by atoms with E-state index in [1.165, 1.54) is 16.2 Å². The van der Waals surface area contributed by atoms with Gasteiger partial charge < -0.3 is 14.5 Å². The standard InChI is InChI=1S/C26H29N5OS2/c1-2-32-23-12-7-6-11-22(23)29-16-14-28(15-17-29)20-31-26(33)30(19-21-9-4-3-5-10-21)25(27-31)24-13-8-18-34-24/h3-13,18H,2,14-17,19-20H2,1H3/p+1. The average Bonchev–Trinajstić information content (AvgIpc) is 3.51. The number of quaternary nitrogens is 1. The highest BCUT2D eigenvalue weighted by Gasteiger charge is 2.24. The number of benzene rings is 2. The van der Waals surface area contributed by atoms with Crippen LogP contribution in [0.3, 0.4) is 0 Å². The number of nitrogens with zero attached hydrogens (tertiary/aromatic N) is 4. The van der Waals surface area contributed by atoms with E-state index >= 15 is 0 Å². The molecule has 1 aliphatic heterocycles. The zero-order valence-electron chi connectivity index (χ0n) is 19.4. The topological polar surface area (TPSA) is 39.7 Å². The highest BCUT2D eigenvalue weighted by Crippen LogP contribution is 2.28. The van der Waals surface area contributed by atoms with Gasteiger partial charge in [0.1, 0.15) is 5.75 Å². The van der Waals surface area contributed by atoms with Gasteiger partial charge in [-0.25, -0.2) is 0 Å². The number of thiophene rings is 1. The summed E-state index contributed by atoms with van der Waals surface area (Å²) in [6.07, 6.45) is 0. The fourth-order valence-corrected chi connectivity index (χ4v) is 5.44. The van der Waals surface area contributed by atoms with E-state index in [1.54, 1.807) is 11.3 Å². The first-order valence-electron chi connectivity index (χ1n) is 11.8. The van der Waals surface area contributed by atoms with Gasteiger partial charge in [0.25, 0.3) is 0 Å². The molecule has 0 bridgehead atoms. The van der Waals surface area contributed by atoms with Gasteiger partial charge in [0, 0.05) is 0 Å². The van der Waals surface area contributed by atoms with Crippen molar-refractivity contribution in [3.8, 4) is 16.5 Å². The molecule has 4 aromatic rings. The number of nitrogens with one attached hydrogen (secondary N) is 1. The summed E-state index contributed by atoms with van der Waals surface area (Å²) in [6.45, 7) is 8.24. The summed E-state index contributed by atoms with van der Waals surface area (Å²) in [5.74, 6) is 1.92. The lowest BCUT2D eigenvalue weighted by atomic mass is 10.2. The lowest BCUT2D eigenvalue weighted by Gasteiger charge is -2.34. The third kappa shape index (κ3) is 4.94. The maximum absolute atomic E-state index is 5.93. The lowest BCUT2D eigenvalue weighted by Crippen LogP contribution is -3.14. The summed E-state index contributed by atoms with van der Waals surface area (Å²) in [5, 5.41) is 7.08. The smallest absolute Gasteiger partial charge is 0.203 e. The molecule has 0 amide bonds. The molecule has 2 aromatic carbocycles. The van der Waals surface area contributed by atoms with Crippen molar-refractivity contribution in [2.75, 3.05) is 37.7 Å². The number of aromatic nitrogens is 3. The van der Waals surface area contributed by atoms with Crippen molar-refractivity contribution >= 4 is 29.2 Å². The van der Waals surface area contributed by atoms with Crippen LogP contribution in [0, 0.1) is 4.77 Å². The van der Waals surface area contributed by atoms with Gasteiger partial charge >= 0.3 is 0 Å². The Morgan fingerprint density at radius 1 is 1.00 bits per heavy atom. The van der Waals surface area contributed by atoms with Gasteiger partial charge in [-0.3, -0.25) is 4.57 Å². The van der Waals surface area contributed by atoms with E-state index in [9.17, 15) is 0 Å². The van der Waals surface area contributed by atoms with Crippen LogP contribution in [0.2, 0.25) is 0 Å². The van der Waals surface area contributed by atoms with E-state index in [2.05, 4.69) is 69.4 Å². The van der Waals surface area contributed by atoms with Gasteiger partial charge in [-0.15, -0.1) is 16.4 Å². The lowest BCUT2D eigenvalue weighted by molar-refractivity contribution is -0.924. The highest BCUT2D eigenvalue weighted by atomic mass is 32.1. The highest BCUT2D eigenvalue weighted by molar-refractivity contribution is 7.71. The molecular weight excluding hydrogens is 462 g/mol. The number of para-hydroxylation sites is 2. The van der Waals surface area contributed by atoms with E-state index in [-0.39, 0.29) is 0 Å². The monoisotopic (exact) mass is 492 g/mol. The van der Waals surface area contributed by atoms with Gasteiger partial charge in [-0.2, -0.15) is 4.68 Å². The molecule has 0 radical (unpaired) electrons.